The predicted octanol–water partition coefficient (Wildman–Crippen LogP) is 2.45. The number of ether oxygens (including phenoxy) is 2. The maximum absolute atomic E-state index is 12.3. The molecule has 1 N–H and O–H groups in total. The van der Waals surface area contributed by atoms with Crippen molar-refractivity contribution in [3.8, 4) is 11.5 Å². The van der Waals surface area contributed by atoms with Crippen LogP contribution in [0.1, 0.15) is 0 Å². The van der Waals surface area contributed by atoms with Crippen LogP contribution in [0.4, 0.5) is 16.3 Å². The van der Waals surface area contributed by atoms with Gasteiger partial charge in [-0.2, -0.15) is 0 Å². The lowest BCUT2D eigenvalue weighted by Gasteiger charge is -2.29. The molecule has 2 amide bonds. The molecule has 3 rings (SSSR count). The van der Waals surface area contributed by atoms with Gasteiger partial charge in [-0.3, -0.25) is 0 Å². The zero-order valence-electron chi connectivity index (χ0n) is 14.6. The van der Waals surface area contributed by atoms with Crippen molar-refractivity contribution in [1.29, 1.82) is 0 Å². The molecule has 0 bridgehead atoms. The zero-order valence-corrected chi connectivity index (χ0v) is 14.6. The van der Waals surface area contributed by atoms with Gasteiger partial charge in [0.15, 0.2) is 17.6 Å². The van der Waals surface area contributed by atoms with Gasteiger partial charge in [0.25, 0.3) is 0 Å². The number of urea groups is 1. The third-order valence-corrected chi connectivity index (χ3v) is 3.85. The Hall–Kier alpha value is -2.96. The average molecular weight is 342 g/mol. The second kappa shape index (κ2) is 7.29. The molecule has 0 radical (unpaired) electrons. The highest BCUT2D eigenvalue weighted by molar-refractivity contribution is 5.89. The lowest BCUT2D eigenvalue weighted by atomic mass is 10.2. The maximum Gasteiger partial charge on any atom is 0.321 e. The monoisotopic (exact) mass is 342 g/mol. The summed E-state index contributed by atoms with van der Waals surface area (Å²) in [6.45, 7) is 0.830. The molecule has 1 aliphatic rings. The molecule has 0 fully saturated rings. The number of hydrogen-bond donors (Lipinski definition) is 1. The van der Waals surface area contributed by atoms with Gasteiger partial charge in [0.1, 0.15) is 12.4 Å². The molecule has 1 aliphatic heterocycles. The fraction of sp³-hybridized carbons (Fsp3) is 0.333. The normalized spacial score (nSPS) is 15.4. The van der Waals surface area contributed by atoms with Crippen molar-refractivity contribution >= 4 is 17.5 Å². The molecule has 0 unspecified atom stereocenters. The van der Waals surface area contributed by atoms with E-state index in [2.05, 4.69) is 10.3 Å². The molecule has 0 aliphatic carbocycles. The van der Waals surface area contributed by atoms with Crippen molar-refractivity contribution in [3.05, 3.63) is 42.6 Å². The van der Waals surface area contributed by atoms with Crippen LogP contribution in [0.3, 0.4) is 0 Å². The summed E-state index contributed by atoms with van der Waals surface area (Å²) in [7, 11) is 5.55. The van der Waals surface area contributed by atoms with Crippen LogP contribution < -0.4 is 19.7 Å². The van der Waals surface area contributed by atoms with E-state index in [0.29, 0.717) is 24.6 Å². The van der Waals surface area contributed by atoms with Gasteiger partial charge in [-0.15, -0.1) is 0 Å². The van der Waals surface area contributed by atoms with Crippen LogP contribution in [0.15, 0.2) is 42.6 Å². The van der Waals surface area contributed by atoms with E-state index < -0.39 is 0 Å². The van der Waals surface area contributed by atoms with Crippen LogP contribution in [0.25, 0.3) is 0 Å². The van der Waals surface area contributed by atoms with Crippen molar-refractivity contribution in [2.45, 2.75) is 6.10 Å². The van der Waals surface area contributed by atoms with Crippen molar-refractivity contribution in [2.24, 2.45) is 0 Å². The number of fused-ring (bicyclic) bond motifs is 1. The Morgan fingerprint density at radius 3 is 2.64 bits per heavy atom. The first-order valence-electron chi connectivity index (χ1n) is 8.07. The quantitative estimate of drug-likeness (QED) is 0.924. The van der Waals surface area contributed by atoms with Gasteiger partial charge in [-0.1, -0.05) is 12.1 Å². The van der Waals surface area contributed by atoms with Crippen LogP contribution in [-0.4, -0.2) is 56.3 Å². The average Bonchev–Trinajstić information content (AvgIpc) is 2.62. The Labute approximate surface area is 147 Å². The number of likely N-dealkylation sites (N-methyl/N-ethyl adjacent to an activating group) is 1. The van der Waals surface area contributed by atoms with E-state index in [1.807, 2.05) is 55.4 Å². The Bertz CT molecular complexity index is 733. The van der Waals surface area contributed by atoms with Crippen LogP contribution >= 0.6 is 0 Å². The lowest BCUT2D eigenvalue weighted by Crippen LogP contribution is -2.43. The summed E-state index contributed by atoms with van der Waals surface area (Å²) in [5.74, 6) is 2.27. The number of aromatic nitrogens is 1. The fourth-order valence-corrected chi connectivity index (χ4v) is 2.48. The fourth-order valence-electron chi connectivity index (χ4n) is 2.48. The van der Waals surface area contributed by atoms with E-state index >= 15 is 0 Å². The third-order valence-electron chi connectivity index (χ3n) is 3.85. The van der Waals surface area contributed by atoms with E-state index in [1.54, 1.807) is 18.1 Å². The van der Waals surface area contributed by atoms with Crippen molar-refractivity contribution < 1.29 is 14.3 Å². The second-order valence-electron chi connectivity index (χ2n) is 6.11. The van der Waals surface area contributed by atoms with Crippen molar-refractivity contribution in [3.63, 3.8) is 0 Å². The van der Waals surface area contributed by atoms with Gasteiger partial charge in [-0.05, 0) is 24.3 Å². The topological polar surface area (TPSA) is 66.9 Å². The van der Waals surface area contributed by atoms with Crippen LogP contribution in [-0.2, 0) is 0 Å². The number of benzene rings is 1. The molecule has 7 nitrogen and oxygen atoms in total. The van der Waals surface area contributed by atoms with Gasteiger partial charge >= 0.3 is 6.03 Å². The summed E-state index contributed by atoms with van der Waals surface area (Å²) in [6.07, 6.45) is 1.43. The molecule has 0 saturated heterocycles. The van der Waals surface area contributed by atoms with Gasteiger partial charge in [0, 0.05) is 21.1 Å². The standard InChI is InChI=1S/C18H22N4O3/c1-21(2)17-9-8-13(10-19-17)20-18(23)22(3)11-14-12-24-15-6-4-5-7-16(15)25-14/h4-10,14H,11-12H2,1-3H3,(H,20,23)/t14-/m0/s1. The van der Waals surface area contributed by atoms with Crippen molar-refractivity contribution in [2.75, 3.05) is 44.5 Å². The Morgan fingerprint density at radius 1 is 1.20 bits per heavy atom. The van der Waals surface area contributed by atoms with Crippen molar-refractivity contribution in [1.82, 2.24) is 9.88 Å². The number of nitrogens with one attached hydrogen (secondary N) is 1. The number of rotatable bonds is 4. The van der Waals surface area contributed by atoms with Crippen LogP contribution in [0.5, 0.6) is 11.5 Å². The molecule has 7 heteroatoms. The van der Waals surface area contributed by atoms with E-state index in [0.717, 1.165) is 11.6 Å². The van der Waals surface area contributed by atoms with Gasteiger partial charge < -0.3 is 24.6 Å². The smallest absolute Gasteiger partial charge is 0.321 e. The maximum atomic E-state index is 12.3. The Balaban J connectivity index is 1.54. The first-order chi connectivity index (χ1) is 12.0. The first kappa shape index (κ1) is 16.9. The van der Waals surface area contributed by atoms with Gasteiger partial charge in [-0.25, -0.2) is 9.78 Å². The Kier molecular flexibility index (Phi) is 4.92. The summed E-state index contributed by atoms with van der Waals surface area (Å²) in [5, 5.41) is 2.83. The van der Waals surface area contributed by atoms with Gasteiger partial charge in [0.05, 0.1) is 18.4 Å². The molecule has 132 valence electrons. The summed E-state index contributed by atoms with van der Waals surface area (Å²) in [6, 6.07) is 11.0. The summed E-state index contributed by atoms with van der Waals surface area (Å²) in [4.78, 5) is 20.1. The molecule has 2 heterocycles. The van der Waals surface area contributed by atoms with E-state index in [4.69, 9.17) is 9.47 Å². The number of nitrogens with zero attached hydrogens (tertiary/aromatic N) is 3. The molecule has 1 atom stereocenters. The predicted molar refractivity (Wildman–Crippen MR) is 96.6 cm³/mol. The Morgan fingerprint density at radius 2 is 1.96 bits per heavy atom. The third kappa shape index (κ3) is 4.12. The zero-order chi connectivity index (χ0) is 17.8. The highest BCUT2D eigenvalue weighted by Crippen LogP contribution is 2.30. The summed E-state index contributed by atoms with van der Waals surface area (Å²) < 4.78 is 11.6. The molecular formula is C18H22N4O3. The molecule has 25 heavy (non-hydrogen) atoms. The molecule has 0 saturated carbocycles. The molecule has 1 aromatic carbocycles. The number of pyridine rings is 1. The van der Waals surface area contributed by atoms with Crippen LogP contribution in [0.2, 0.25) is 0 Å². The number of carbonyl (C=O) groups excluding carboxylic acids is 1. The van der Waals surface area contributed by atoms with E-state index in [9.17, 15) is 4.79 Å². The van der Waals surface area contributed by atoms with Crippen LogP contribution in [0, 0.1) is 0 Å². The molecule has 0 spiro atoms. The molecule has 1 aromatic heterocycles. The molecular weight excluding hydrogens is 320 g/mol. The lowest BCUT2D eigenvalue weighted by molar-refractivity contribution is 0.0731. The number of hydrogen-bond acceptors (Lipinski definition) is 5. The number of para-hydroxylation sites is 2. The first-order valence-corrected chi connectivity index (χ1v) is 8.07. The largest absolute Gasteiger partial charge is 0.486 e. The van der Waals surface area contributed by atoms with E-state index in [-0.39, 0.29) is 12.1 Å². The number of amides is 2. The number of carbonyl (C=O) groups is 1. The minimum absolute atomic E-state index is 0.208. The minimum Gasteiger partial charge on any atom is -0.486 e. The SMILES string of the molecule is CN(C[C@H]1COc2ccccc2O1)C(=O)Nc1ccc(N(C)C)nc1. The highest BCUT2D eigenvalue weighted by atomic mass is 16.6. The molecule has 2 aromatic rings. The second-order valence-corrected chi connectivity index (χ2v) is 6.11. The summed E-state index contributed by atoms with van der Waals surface area (Å²) >= 11 is 0. The minimum atomic E-state index is -0.220. The highest BCUT2D eigenvalue weighted by Gasteiger charge is 2.23. The summed E-state index contributed by atoms with van der Waals surface area (Å²) in [5.41, 5.74) is 0.647. The number of anilines is 2. The van der Waals surface area contributed by atoms with Gasteiger partial charge in [0.2, 0.25) is 0 Å². The van der Waals surface area contributed by atoms with E-state index in [1.165, 1.54) is 0 Å².